The maximum atomic E-state index is 3.28. The fourth-order valence-electron chi connectivity index (χ4n) is 0.883. The molecule has 1 nitrogen and oxygen atoms in total. The molecule has 1 aliphatic rings. The molecule has 1 aliphatic heterocycles. The first kappa shape index (κ1) is 5.10. The molecule has 0 aromatic carbocycles. The third-order valence-electron chi connectivity index (χ3n) is 1.35. The minimum absolute atomic E-state index is 0.869. The minimum Gasteiger partial charge on any atom is -0.316 e. The van der Waals surface area contributed by atoms with Gasteiger partial charge in [0.15, 0.2) is 0 Å². The summed E-state index contributed by atoms with van der Waals surface area (Å²) in [5.41, 5.74) is 0. The Morgan fingerprint density at radius 3 is 2.86 bits per heavy atom. The Labute approximate surface area is 45.1 Å². The van der Waals surface area contributed by atoms with E-state index in [-0.39, 0.29) is 0 Å². The molecule has 7 heavy (non-hydrogen) atoms. The number of nitrogens with one attached hydrogen (secondary N) is 1. The van der Waals surface area contributed by atoms with Crippen LogP contribution in [0.3, 0.4) is 0 Å². The molecule has 41 valence electrons. The van der Waals surface area contributed by atoms with Crippen LogP contribution in [0.1, 0.15) is 13.3 Å². The summed E-state index contributed by atoms with van der Waals surface area (Å²) in [6.45, 7) is 4.59. The standard InChI is InChI=1S/C6H12N/c1-6-3-2-4-7-5-6/h2,6-7H,3-5H2,1H3/t6-/m0/s1. The lowest BCUT2D eigenvalue weighted by Crippen LogP contribution is -2.28. The molecule has 0 aromatic heterocycles. The highest BCUT2D eigenvalue weighted by Crippen LogP contribution is 2.05. The van der Waals surface area contributed by atoms with E-state index in [1.54, 1.807) is 0 Å². The van der Waals surface area contributed by atoms with Crippen molar-refractivity contribution in [3.63, 3.8) is 0 Å². The fraction of sp³-hybridized carbons (Fsp3) is 0.833. The van der Waals surface area contributed by atoms with Crippen LogP contribution in [0.25, 0.3) is 0 Å². The molecule has 1 N–H and O–H groups in total. The van der Waals surface area contributed by atoms with Crippen LogP contribution >= 0.6 is 0 Å². The first-order valence-corrected chi connectivity index (χ1v) is 2.92. The SMILES string of the molecule is C[C@H]1C[CH]CNC1. The molecule has 0 amide bonds. The zero-order valence-corrected chi connectivity index (χ0v) is 4.78. The molecular weight excluding hydrogens is 86.1 g/mol. The van der Waals surface area contributed by atoms with Gasteiger partial charge in [-0.15, -0.1) is 0 Å². The fourth-order valence-corrected chi connectivity index (χ4v) is 0.883. The largest absolute Gasteiger partial charge is 0.316 e. The lowest BCUT2D eigenvalue weighted by Gasteiger charge is -2.17. The normalized spacial score (nSPS) is 33.0. The van der Waals surface area contributed by atoms with Crippen LogP contribution in [-0.2, 0) is 0 Å². The molecule has 0 aromatic rings. The minimum atomic E-state index is 0.869. The molecule has 0 bridgehead atoms. The number of hydrogen-bond donors (Lipinski definition) is 1. The van der Waals surface area contributed by atoms with Gasteiger partial charge in [-0.05, 0) is 31.8 Å². The molecule has 1 saturated heterocycles. The maximum absolute atomic E-state index is 3.28. The summed E-state index contributed by atoms with van der Waals surface area (Å²) >= 11 is 0. The van der Waals surface area contributed by atoms with E-state index in [1.807, 2.05) is 0 Å². The van der Waals surface area contributed by atoms with Crippen molar-refractivity contribution in [3.8, 4) is 0 Å². The molecule has 1 radical (unpaired) electrons. The zero-order chi connectivity index (χ0) is 5.11. The Balaban J connectivity index is 2.12. The van der Waals surface area contributed by atoms with Gasteiger partial charge in [-0.1, -0.05) is 6.92 Å². The Bertz CT molecular complexity index is 46.1. The van der Waals surface area contributed by atoms with Crippen LogP contribution in [0.5, 0.6) is 0 Å². The van der Waals surface area contributed by atoms with Gasteiger partial charge in [0.25, 0.3) is 0 Å². The van der Waals surface area contributed by atoms with Crippen LogP contribution in [0, 0.1) is 12.3 Å². The highest BCUT2D eigenvalue weighted by molar-refractivity contribution is 4.77. The topological polar surface area (TPSA) is 12.0 Å². The molecule has 1 heteroatoms. The van der Waals surface area contributed by atoms with Gasteiger partial charge in [0.2, 0.25) is 0 Å². The van der Waals surface area contributed by atoms with Crippen molar-refractivity contribution in [1.29, 1.82) is 0 Å². The molecule has 0 aliphatic carbocycles. The van der Waals surface area contributed by atoms with E-state index in [9.17, 15) is 0 Å². The van der Waals surface area contributed by atoms with Crippen molar-refractivity contribution >= 4 is 0 Å². The zero-order valence-electron chi connectivity index (χ0n) is 4.78. The predicted octanol–water partition coefficient (Wildman–Crippen LogP) is 0.820. The van der Waals surface area contributed by atoms with Gasteiger partial charge < -0.3 is 5.32 Å². The van der Waals surface area contributed by atoms with E-state index in [2.05, 4.69) is 18.7 Å². The second-order valence-electron chi connectivity index (χ2n) is 2.29. The summed E-state index contributed by atoms with van der Waals surface area (Å²) in [7, 11) is 0. The second kappa shape index (κ2) is 2.31. The quantitative estimate of drug-likeness (QED) is 0.473. The van der Waals surface area contributed by atoms with Gasteiger partial charge >= 0.3 is 0 Å². The number of hydrogen-bond acceptors (Lipinski definition) is 1. The van der Waals surface area contributed by atoms with E-state index in [4.69, 9.17) is 0 Å². The van der Waals surface area contributed by atoms with E-state index in [0.717, 1.165) is 12.5 Å². The monoisotopic (exact) mass is 98.1 g/mol. The third-order valence-corrected chi connectivity index (χ3v) is 1.35. The van der Waals surface area contributed by atoms with E-state index in [1.165, 1.54) is 13.0 Å². The summed E-state index contributed by atoms with van der Waals surface area (Å²) in [5, 5.41) is 3.28. The van der Waals surface area contributed by atoms with Crippen LogP contribution in [-0.4, -0.2) is 13.1 Å². The maximum Gasteiger partial charge on any atom is -0.00172 e. The van der Waals surface area contributed by atoms with E-state index in [0.29, 0.717) is 0 Å². The Morgan fingerprint density at radius 2 is 2.57 bits per heavy atom. The van der Waals surface area contributed by atoms with Crippen LogP contribution in [0.2, 0.25) is 0 Å². The summed E-state index contributed by atoms with van der Waals surface area (Å²) < 4.78 is 0. The molecule has 0 unspecified atom stereocenters. The van der Waals surface area contributed by atoms with Gasteiger partial charge in [0, 0.05) is 0 Å². The van der Waals surface area contributed by atoms with Gasteiger partial charge in [-0.2, -0.15) is 0 Å². The Morgan fingerprint density at radius 1 is 1.71 bits per heavy atom. The van der Waals surface area contributed by atoms with Crippen molar-refractivity contribution in [1.82, 2.24) is 5.32 Å². The molecule has 1 heterocycles. The Kier molecular flexibility index (Phi) is 1.69. The lowest BCUT2D eigenvalue weighted by atomic mass is 10.0. The van der Waals surface area contributed by atoms with E-state index < -0.39 is 0 Å². The molecular formula is C6H12N. The van der Waals surface area contributed by atoms with Gasteiger partial charge in [0.05, 0.1) is 0 Å². The van der Waals surface area contributed by atoms with Crippen molar-refractivity contribution in [2.24, 2.45) is 5.92 Å². The summed E-state index contributed by atoms with van der Waals surface area (Å²) in [6, 6.07) is 0. The molecule has 1 atom stereocenters. The first-order chi connectivity index (χ1) is 3.39. The van der Waals surface area contributed by atoms with Crippen molar-refractivity contribution < 1.29 is 0 Å². The summed E-state index contributed by atoms with van der Waals surface area (Å²) in [5.74, 6) is 0.869. The second-order valence-corrected chi connectivity index (χ2v) is 2.29. The summed E-state index contributed by atoms with van der Waals surface area (Å²) in [4.78, 5) is 0. The van der Waals surface area contributed by atoms with Gasteiger partial charge in [-0.3, -0.25) is 0 Å². The number of rotatable bonds is 0. The summed E-state index contributed by atoms with van der Waals surface area (Å²) in [6.07, 6.45) is 3.60. The lowest BCUT2D eigenvalue weighted by molar-refractivity contribution is 0.466. The Hall–Kier alpha value is -0.0400. The molecule has 0 spiro atoms. The van der Waals surface area contributed by atoms with Crippen molar-refractivity contribution in [2.75, 3.05) is 13.1 Å². The number of piperidine rings is 1. The van der Waals surface area contributed by atoms with Crippen LogP contribution < -0.4 is 5.32 Å². The van der Waals surface area contributed by atoms with Crippen molar-refractivity contribution in [3.05, 3.63) is 6.42 Å². The van der Waals surface area contributed by atoms with Crippen molar-refractivity contribution in [2.45, 2.75) is 13.3 Å². The van der Waals surface area contributed by atoms with E-state index >= 15 is 0 Å². The molecule has 1 rings (SSSR count). The average Bonchev–Trinajstić information content (AvgIpc) is 1.69. The third kappa shape index (κ3) is 1.48. The first-order valence-electron chi connectivity index (χ1n) is 2.92. The smallest absolute Gasteiger partial charge is 0.00172 e. The molecule has 0 saturated carbocycles. The van der Waals surface area contributed by atoms with Gasteiger partial charge in [0.1, 0.15) is 0 Å². The molecule has 1 fully saturated rings. The van der Waals surface area contributed by atoms with Crippen LogP contribution in [0.4, 0.5) is 0 Å². The van der Waals surface area contributed by atoms with Crippen LogP contribution in [0.15, 0.2) is 0 Å². The predicted molar refractivity (Wildman–Crippen MR) is 31.0 cm³/mol. The van der Waals surface area contributed by atoms with Gasteiger partial charge in [-0.25, -0.2) is 0 Å². The highest BCUT2D eigenvalue weighted by atomic mass is 14.9. The highest BCUT2D eigenvalue weighted by Gasteiger charge is 2.05. The average molecular weight is 98.2 g/mol.